The fraction of sp³-hybridized carbons (Fsp3) is 0.500. The zero-order valence-corrected chi connectivity index (χ0v) is 8.54. The van der Waals surface area contributed by atoms with Crippen LogP contribution in [0.4, 0.5) is 4.79 Å². The molecule has 0 unspecified atom stereocenters. The van der Waals surface area contributed by atoms with E-state index in [0.29, 0.717) is 4.90 Å². The van der Waals surface area contributed by atoms with Crippen LogP contribution in [-0.2, 0) is 0 Å². The third-order valence-electron chi connectivity index (χ3n) is 0.657. The molecule has 5 heteroatoms. The number of carbonyl (C=O) groups is 1. The molecule has 9 heavy (non-hydrogen) atoms. The van der Waals surface area contributed by atoms with Crippen molar-refractivity contribution in [3.8, 4) is 6.19 Å². The number of nitriles is 1. The molecule has 0 N–H and O–H groups in total. The molecule has 0 atom stereocenters. The summed E-state index contributed by atoms with van der Waals surface area (Å²) in [5, 5.41) is 17.7. The van der Waals surface area contributed by atoms with Crippen LogP contribution in [-0.4, -0.2) is 17.5 Å². The van der Waals surface area contributed by atoms with Crippen LogP contribution < -0.4 is 56.5 Å². The Morgan fingerprint density at radius 3 is 2.33 bits per heavy atom. The van der Waals surface area contributed by atoms with Gasteiger partial charge in [0, 0.05) is 6.54 Å². The van der Waals surface area contributed by atoms with Crippen molar-refractivity contribution in [2.45, 2.75) is 6.92 Å². The van der Waals surface area contributed by atoms with Crippen molar-refractivity contribution in [2.24, 2.45) is 0 Å². The Bertz CT molecular complexity index is 131. The van der Waals surface area contributed by atoms with E-state index in [2.05, 4.69) is 0 Å². The Kier molecular flexibility index (Phi) is 8.77. The van der Waals surface area contributed by atoms with Crippen LogP contribution in [0.25, 0.3) is 0 Å². The van der Waals surface area contributed by atoms with Gasteiger partial charge in [-0.1, -0.05) is 0 Å². The van der Waals surface area contributed by atoms with Crippen LogP contribution >= 0.6 is 0 Å². The third-order valence-corrected chi connectivity index (χ3v) is 0.657. The number of amides is 1. The summed E-state index contributed by atoms with van der Waals surface area (Å²) in [6, 6.07) is 0. The fourth-order valence-electron chi connectivity index (χ4n) is 0.241. The molecule has 0 fully saturated rings. The van der Waals surface area contributed by atoms with E-state index in [-0.39, 0.29) is 57.9 Å². The van der Waals surface area contributed by atoms with E-state index in [9.17, 15) is 9.90 Å². The van der Waals surface area contributed by atoms with Gasteiger partial charge in [0.25, 0.3) is 0 Å². The standard InChI is InChI=1S/C4H6N2O2.K/c1-2-6(3-5)4(7)8;/h2H2,1H3,(H,7,8);/q;+1/p-1. The summed E-state index contributed by atoms with van der Waals surface area (Å²) in [5.41, 5.74) is 0. The summed E-state index contributed by atoms with van der Waals surface area (Å²) in [5.74, 6) is 0. The summed E-state index contributed by atoms with van der Waals surface area (Å²) in [7, 11) is 0. The molecule has 0 rings (SSSR count). The molecular weight excluding hydrogens is 147 g/mol. The van der Waals surface area contributed by atoms with Gasteiger partial charge < -0.3 is 9.90 Å². The molecule has 0 spiro atoms. The number of rotatable bonds is 1. The maximum atomic E-state index is 9.75. The van der Waals surface area contributed by atoms with Crippen LogP contribution in [0.15, 0.2) is 0 Å². The smallest absolute Gasteiger partial charge is 0.529 e. The third kappa shape index (κ3) is 4.87. The molecular formula is C4H5KN2O2. The SMILES string of the molecule is CCN(C#N)C(=O)[O-].[K+]. The predicted octanol–water partition coefficient (Wildman–Crippen LogP) is -3.86. The van der Waals surface area contributed by atoms with Gasteiger partial charge in [-0.25, -0.2) is 0 Å². The maximum Gasteiger partial charge on any atom is 1.00 e. The minimum Gasteiger partial charge on any atom is -0.529 e. The molecule has 44 valence electrons. The summed E-state index contributed by atoms with van der Waals surface area (Å²) >= 11 is 0. The van der Waals surface area contributed by atoms with E-state index in [1.807, 2.05) is 0 Å². The number of hydrogen-bond donors (Lipinski definition) is 0. The average molecular weight is 152 g/mol. The Balaban J connectivity index is 0. The van der Waals surface area contributed by atoms with Crippen LogP contribution in [0.5, 0.6) is 0 Å². The van der Waals surface area contributed by atoms with Crippen molar-refractivity contribution in [1.29, 1.82) is 5.26 Å². The molecule has 0 aliphatic heterocycles. The number of nitrogens with zero attached hydrogens (tertiary/aromatic N) is 2. The van der Waals surface area contributed by atoms with Gasteiger partial charge in [-0.2, -0.15) is 5.26 Å². The average Bonchev–Trinajstić information content (AvgIpc) is 1.69. The van der Waals surface area contributed by atoms with Gasteiger partial charge in [0.05, 0.1) is 0 Å². The first-order chi connectivity index (χ1) is 3.72. The van der Waals surface area contributed by atoms with Crippen molar-refractivity contribution in [3.63, 3.8) is 0 Å². The first kappa shape index (κ1) is 12.1. The second-order valence-electron chi connectivity index (χ2n) is 1.11. The molecule has 1 amide bonds. The van der Waals surface area contributed by atoms with E-state index in [1.54, 1.807) is 6.92 Å². The van der Waals surface area contributed by atoms with Gasteiger partial charge in [-0.3, -0.25) is 4.90 Å². The topological polar surface area (TPSA) is 67.2 Å². The molecule has 0 aromatic heterocycles. The zero-order valence-electron chi connectivity index (χ0n) is 5.42. The van der Waals surface area contributed by atoms with Gasteiger partial charge in [0.1, 0.15) is 0 Å². The first-order valence-electron chi connectivity index (χ1n) is 2.10. The van der Waals surface area contributed by atoms with Crippen molar-refractivity contribution in [3.05, 3.63) is 0 Å². The van der Waals surface area contributed by atoms with Gasteiger partial charge in [-0.15, -0.1) is 0 Å². The Labute approximate surface area is 95.9 Å². The van der Waals surface area contributed by atoms with Crippen LogP contribution in [0.2, 0.25) is 0 Å². The van der Waals surface area contributed by atoms with Crippen molar-refractivity contribution in [1.82, 2.24) is 4.90 Å². The molecule has 0 radical (unpaired) electrons. The Morgan fingerprint density at radius 1 is 1.89 bits per heavy atom. The van der Waals surface area contributed by atoms with E-state index >= 15 is 0 Å². The monoisotopic (exact) mass is 152 g/mol. The maximum absolute atomic E-state index is 9.75. The fourth-order valence-corrected chi connectivity index (χ4v) is 0.241. The molecule has 0 saturated heterocycles. The predicted molar refractivity (Wildman–Crippen MR) is 23.4 cm³/mol. The molecule has 0 heterocycles. The normalized spacial score (nSPS) is 6.67. The minimum atomic E-state index is -1.45. The van der Waals surface area contributed by atoms with Gasteiger partial charge in [-0.05, 0) is 6.92 Å². The second kappa shape index (κ2) is 6.52. The molecule has 0 bridgehead atoms. The summed E-state index contributed by atoms with van der Waals surface area (Å²) in [6.45, 7) is 1.71. The molecule has 0 aromatic carbocycles. The van der Waals surface area contributed by atoms with Crippen LogP contribution in [0.1, 0.15) is 6.92 Å². The summed E-state index contributed by atoms with van der Waals surface area (Å²) < 4.78 is 0. The van der Waals surface area contributed by atoms with Gasteiger partial charge in [0.2, 0.25) is 0 Å². The van der Waals surface area contributed by atoms with Crippen molar-refractivity contribution < 1.29 is 61.3 Å². The minimum absolute atomic E-state index is 0. The summed E-state index contributed by atoms with van der Waals surface area (Å²) in [6.07, 6.45) is -0.0266. The van der Waals surface area contributed by atoms with Gasteiger partial charge in [0.15, 0.2) is 12.3 Å². The largest absolute Gasteiger partial charge is 1.00 e. The molecule has 0 aliphatic rings. The molecule has 0 aromatic rings. The Hall–Kier alpha value is 0.396. The van der Waals surface area contributed by atoms with Crippen molar-refractivity contribution in [2.75, 3.05) is 6.54 Å². The quantitative estimate of drug-likeness (QED) is 0.219. The van der Waals surface area contributed by atoms with Gasteiger partial charge >= 0.3 is 51.4 Å². The summed E-state index contributed by atoms with van der Waals surface area (Å²) in [4.78, 5) is 10.3. The van der Waals surface area contributed by atoms with E-state index in [4.69, 9.17) is 5.26 Å². The zero-order chi connectivity index (χ0) is 6.57. The van der Waals surface area contributed by atoms with Crippen molar-refractivity contribution >= 4 is 6.09 Å². The van der Waals surface area contributed by atoms with E-state index in [1.165, 1.54) is 6.19 Å². The van der Waals surface area contributed by atoms with Crippen LogP contribution in [0.3, 0.4) is 0 Å². The van der Waals surface area contributed by atoms with E-state index in [0.717, 1.165) is 0 Å². The molecule has 0 aliphatic carbocycles. The first-order valence-corrected chi connectivity index (χ1v) is 2.10. The Morgan fingerprint density at radius 2 is 2.33 bits per heavy atom. The molecule has 4 nitrogen and oxygen atoms in total. The van der Waals surface area contributed by atoms with E-state index < -0.39 is 6.09 Å². The molecule has 0 saturated carbocycles. The number of carboxylic acid groups (broad SMARTS) is 1. The number of hydrogen-bond acceptors (Lipinski definition) is 3. The second-order valence-corrected chi connectivity index (χ2v) is 1.11. The number of carbonyl (C=O) groups excluding carboxylic acids is 1. The van der Waals surface area contributed by atoms with Crippen LogP contribution in [0, 0.1) is 11.5 Å².